The lowest BCUT2D eigenvalue weighted by Gasteiger charge is -2.41. The number of amides is 1. The molecule has 0 N–H and O–H groups in total. The first-order valence-corrected chi connectivity index (χ1v) is 11.9. The maximum absolute atomic E-state index is 13.5. The average molecular weight is 441 g/mol. The topological polar surface area (TPSA) is 39.7 Å². The first kappa shape index (κ1) is 21.7. The highest BCUT2D eigenvalue weighted by Gasteiger charge is 2.30. The summed E-state index contributed by atoms with van der Waals surface area (Å²) < 4.78 is 0. The minimum absolute atomic E-state index is 0.0828. The molecule has 1 aliphatic heterocycles. The molecule has 0 unspecified atom stereocenters. The van der Waals surface area contributed by atoms with Crippen molar-refractivity contribution in [3.05, 3.63) is 83.4 Å². The van der Waals surface area contributed by atoms with Crippen LogP contribution in [0.25, 0.3) is 11.3 Å². The second-order valence-electron chi connectivity index (χ2n) is 9.32. The van der Waals surface area contributed by atoms with E-state index in [4.69, 9.17) is 4.98 Å². The summed E-state index contributed by atoms with van der Waals surface area (Å²) in [6.45, 7) is 3.41. The number of pyridine rings is 1. The number of carbonyl (C=O) groups excluding carboxylic acids is 1. The van der Waals surface area contributed by atoms with Gasteiger partial charge in [0.05, 0.1) is 11.3 Å². The summed E-state index contributed by atoms with van der Waals surface area (Å²) in [5, 5.41) is 0. The molecule has 1 aliphatic carbocycles. The molecule has 2 heterocycles. The van der Waals surface area contributed by atoms with E-state index >= 15 is 0 Å². The van der Waals surface area contributed by atoms with Gasteiger partial charge < -0.3 is 9.80 Å². The van der Waals surface area contributed by atoms with Gasteiger partial charge in [-0.25, -0.2) is 4.98 Å². The number of rotatable bonds is 4. The summed E-state index contributed by atoms with van der Waals surface area (Å²) in [4.78, 5) is 24.8. The lowest BCUT2D eigenvalue weighted by molar-refractivity contribution is 0.0553. The van der Waals surface area contributed by atoms with Crippen LogP contribution in [0.5, 0.6) is 0 Å². The Balaban J connectivity index is 1.27. The number of aryl methyl sites for hydroxylation is 1. The van der Waals surface area contributed by atoms with E-state index in [1.807, 2.05) is 66.4 Å². The van der Waals surface area contributed by atoms with E-state index in [0.717, 1.165) is 56.1 Å². The Morgan fingerprint density at radius 2 is 1.58 bits per heavy atom. The Bertz CT molecular complexity index is 1120. The molecule has 1 amide bonds. The minimum Gasteiger partial charge on any atom is -0.362 e. The largest absolute Gasteiger partial charge is 0.362 e. The molecule has 0 radical (unpaired) electrons. The third-order valence-corrected chi connectivity index (χ3v) is 7.04. The van der Waals surface area contributed by atoms with Gasteiger partial charge in [0.1, 0.15) is 5.82 Å². The fraction of sp³-hybridized carbons (Fsp3) is 0.357. The Hall–Kier alpha value is -3.18. The molecule has 170 valence electrons. The second-order valence-corrected chi connectivity index (χ2v) is 9.32. The average Bonchev–Trinajstić information content (AvgIpc) is 2.88. The number of hydrogen-bond donors (Lipinski definition) is 0. The molecular weight excluding hydrogens is 408 g/mol. The maximum atomic E-state index is 13.5. The Morgan fingerprint density at radius 3 is 2.30 bits per heavy atom. The molecule has 2 aliphatic rings. The minimum atomic E-state index is 0.0828. The Morgan fingerprint density at radius 1 is 0.879 bits per heavy atom. The second kappa shape index (κ2) is 9.36. The van der Waals surface area contributed by atoms with Crippen LogP contribution in [0.15, 0.2) is 66.7 Å². The van der Waals surface area contributed by atoms with Crippen molar-refractivity contribution in [2.24, 2.45) is 0 Å². The Kier molecular flexibility index (Phi) is 6.14. The van der Waals surface area contributed by atoms with Crippen LogP contribution in [0.1, 0.15) is 27.9 Å². The smallest absolute Gasteiger partial charge is 0.257 e. The zero-order valence-electron chi connectivity index (χ0n) is 19.6. The third kappa shape index (κ3) is 4.51. The van der Waals surface area contributed by atoms with E-state index in [1.54, 1.807) is 0 Å². The normalized spacial score (nSPS) is 18.6. The van der Waals surface area contributed by atoms with Gasteiger partial charge in [-0.05, 0) is 42.5 Å². The van der Waals surface area contributed by atoms with Crippen molar-refractivity contribution in [3.63, 3.8) is 0 Å². The molecule has 0 spiro atoms. The van der Waals surface area contributed by atoms with Gasteiger partial charge in [-0.3, -0.25) is 9.69 Å². The van der Waals surface area contributed by atoms with Crippen molar-refractivity contribution in [3.8, 4) is 11.3 Å². The van der Waals surface area contributed by atoms with E-state index in [-0.39, 0.29) is 5.91 Å². The van der Waals surface area contributed by atoms with Gasteiger partial charge in [0.25, 0.3) is 5.91 Å². The number of hydrogen-bond acceptors (Lipinski definition) is 4. The van der Waals surface area contributed by atoms with Gasteiger partial charge in [0.2, 0.25) is 0 Å². The van der Waals surface area contributed by atoms with E-state index in [2.05, 4.69) is 29.2 Å². The highest BCUT2D eigenvalue weighted by Crippen LogP contribution is 2.27. The van der Waals surface area contributed by atoms with Crippen molar-refractivity contribution < 1.29 is 4.79 Å². The van der Waals surface area contributed by atoms with Crippen LogP contribution in [-0.2, 0) is 12.8 Å². The number of aromatic nitrogens is 1. The van der Waals surface area contributed by atoms with E-state index < -0.39 is 0 Å². The molecule has 1 atom stereocenters. The predicted molar refractivity (Wildman–Crippen MR) is 134 cm³/mol. The number of benzene rings is 2. The molecule has 2 aromatic carbocycles. The van der Waals surface area contributed by atoms with Gasteiger partial charge in [0.15, 0.2) is 0 Å². The lowest BCUT2D eigenvalue weighted by atomic mass is 9.87. The van der Waals surface area contributed by atoms with Gasteiger partial charge in [0, 0.05) is 51.9 Å². The maximum Gasteiger partial charge on any atom is 0.257 e. The standard InChI is InChI=1S/C28H32N4O/c1-30(2)27-25(14-15-26(29-27)22-9-4-3-5-10-22)28(33)32-18-16-31(17-19-32)24-13-12-21-8-6-7-11-23(21)20-24/h3-11,14-15,24H,12-13,16-20H2,1-2H3/t24-/m1/s1. The fourth-order valence-electron chi connectivity index (χ4n) is 5.18. The highest BCUT2D eigenvalue weighted by molar-refractivity contribution is 5.99. The summed E-state index contributed by atoms with van der Waals surface area (Å²) in [6, 6.07) is 23.4. The molecular formula is C28H32N4O. The summed E-state index contributed by atoms with van der Waals surface area (Å²) in [5.41, 5.74) is 5.62. The molecule has 1 aromatic heterocycles. The molecule has 33 heavy (non-hydrogen) atoms. The van der Waals surface area contributed by atoms with Crippen molar-refractivity contribution in [2.45, 2.75) is 25.3 Å². The van der Waals surface area contributed by atoms with Crippen molar-refractivity contribution in [1.82, 2.24) is 14.8 Å². The van der Waals surface area contributed by atoms with Gasteiger partial charge in [-0.15, -0.1) is 0 Å². The van der Waals surface area contributed by atoms with Crippen LogP contribution in [0, 0.1) is 0 Å². The zero-order valence-corrected chi connectivity index (χ0v) is 19.6. The van der Waals surface area contributed by atoms with Crippen LogP contribution in [0.3, 0.4) is 0 Å². The van der Waals surface area contributed by atoms with Crippen LogP contribution >= 0.6 is 0 Å². The molecule has 1 saturated heterocycles. The van der Waals surface area contributed by atoms with Crippen molar-refractivity contribution in [2.75, 3.05) is 45.2 Å². The van der Waals surface area contributed by atoms with E-state index in [1.165, 1.54) is 17.5 Å². The molecule has 1 fully saturated rings. The zero-order chi connectivity index (χ0) is 22.8. The predicted octanol–water partition coefficient (Wildman–Crippen LogP) is 4.13. The first-order chi connectivity index (χ1) is 16.1. The molecule has 5 rings (SSSR count). The molecule has 3 aromatic rings. The van der Waals surface area contributed by atoms with Crippen LogP contribution < -0.4 is 4.90 Å². The summed E-state index contributed by atoms with van der Waals surface area (Å²) in [5.74, 6) is 0.812. The number of piperazine rings is 1. The van der Waals surface area contributed by atoms with E-state index in [0.29, 0.717) is 11.6 Å². The fourth-order valence-corrected chi connectivity index (χ4v) is 5.18. The first-order valence-electron chi connectivity index (χ1n) is 11.9. The van der Waals surface area contributed by atoms with Crippen LogP contribution in [-0.4, -0.2) is 67.0 Å². The molecule has 0 bridgehead atoms. The van der Waals surface area contributed by atoms with Gasteiger partial charge in [-0.1, -0.05) is 54.6 Å². The van der Waals surface area contributed by atoms with Crippen LogP contribution in [0.4, 0.5) is 5.82 Å². The van der Waals surface area contributed by atoms with Gasteiger partial charge >= 0.3 is 0 Å². The quantitative estimate of drug-likeness (QED) is 0.612. The monoisotopic (exact) mass is 440 g/mol. The highest BCUT2D eigenvalue weighted by atomic mass is 16.2. The number of anilines is 1. The Labute approximate surface area is 196 Å². The van der Waals surface area contributed by atoms with Crippen molar-refractivity contribution in [1.29, 1.82) is 0 Å². The van der Waals surface area contributed by atoms with Crippen molar-refractivity contribution >= 4 is 11.7 Å². The number of fused-ring (bicyclic) bond motifs is 1. The number of carbonyl (C=O) groups is 1. The summed E-state index contributed by atoms with van der Waals surface area (Å²) in [6.07, 6.45) is 3.49. The third-order valence-electron chi connectivity index (χ3n) is 7.04. The van der Waals surface area contributed by atoms with Crippen LogP contribution in [0.2, 0.25) is 0 Å². The van der Waals surface area contributed by atoms with E-state index in [9.17, 15) is 4.79 Å². The van der Waals surface area contributed by atoms with Gasteiger partial charge in [-0.2, -0.15) is 0 Å². The summed E-state index contributed by atoms with van der Waals surface area (Å²) >= 11 is 0. The molecule has 5 nitrogen and oxygen atoms in total. The molecule has 0 saturated carbocycles. The summed E-state index contributed by atoms with van der Waals surface area (Å²) in [7, 11) is 3.90. The molecule has 5 heteroatoms. The lowest BCUT2D eigenvalue weighted by Crippen LogP contribution is -2.53. The SMILES string of the molecule is CN(C)c1nc(-c2ccccc2)ccc1C(=O)N1CCN([C@@H]2CCc3ccccc3C2)CC1. The number of nitrogens with zero attached hydrogens (tertiary/aromatic N) is 4.